The van der Waals surface area contributed by atoms with E-state index in [-0.39, 0.29) is 46.5 Å². The van der Waals surface area contributed by atoms with Gasteiger partial charge in [-0.3, -0.25) is 0 Å². The molecule has 0 aliphatic rings. The Balaban J connectivity index is 0. The zero-order valence-electron chi connectivity index (χ0n) is 9.38. The Hall–Kier alpha value is -0.466. The second-order valence-electron chi connectivity index (χ2n) is 3.42. The van der Waals surface area contributed by atoms with Crippen LogP contribution in [0.25, 0.3) is 11.1 Å². The molecule has 1 N–H and O–H groups in total. The number of phenols is 1. The summed E-state index contributed by atoms with van der Waals surface area (Å²) in [5, 5.41) is 9.34. The van der Waals surface area contributed by atoms with Gasteiger partial charge in [-0.05, 0) is 30.2 Å². The second kappa shape index (κ2) is 8.60. The van der Waals surface area contributed by atoms with E-state index in [4.69, 9.17) is 0 Å². The van der Waals surface area contributed by atoms with Crippen LogP contribution in [-0.4, -0.2) is 5.11 Å². The number of hydrogen-bond donors (Lipinski definition) is 1. The largest absolute Gasteiger partial charge is 0.508 e. The van der Waals surface area contributed by atoms with Crippen LogP contribution in [0, 0.1) is 6.92 Å². The van der Waals surface area contributed by atoms with Crippen molar-refractivity contribution in [3.05, 3.63) is 54.1 Å². The van der Waals surface area contributed by atoms with Crippen LogP contribution in [0.2, 0.25) is 0 Å². The fourth-order valence-corrected chi connectivity index (χ4v) is 1.51. The molecule has 2 aromatic rings. The first-order chi connectivity index (χ1) is 6.75. The summed E-state index contributed by atoms with van der Waals surface area (Å²) in [6.07, 6.45) is 0. The number of phenolic OH excluding ortho intramolecular Hbond substituents is 1. The van der Waals surface area contributed by atoms with E-state index in [1.165, 1.54) is 5.56 Å². The first-order valence-electron chi connectivity index (χ1n) is 4.62. The van der Waals surface area contributed by atoms with E-state index in [0.29, 0.717) is 5.75 Å². The second-order valence-corrected chi connectivity index (χ2v) is 3.42. The van der Waals surface area contributed by atoms with Gasteiger partial charge in [0.15, 0.2) is 0 Å². The van der Waals surface area contributed by atoms with Gasteiger partial charge in [0.25, 0.3) is 0 Å². The summed E-state index contributed by atoms with van der Waals surface area (Å²) in [7, 11) is 0. The Morgan fingerprint density at radius 3 is 1.88 bits per heavy atom. The van der Waals surface area contributed by atoms with Crippen molar-refractivity contribution >= 4 is 24.8 Å². The van der Waals surface area contributed by atoms with Gasteiger partial charge in [0, 0.05) is 21.7 Å². The number of hydrogen-bond acceptors (Lipinski definition) is 1. The molecule has 2 rings (SSSR count). The van der Waals surface area contributed by atoms with Crippen LogP contribution in [-0.2, 0) is 21.7 Å². The standard InChI is InChI=1S/C13H12O.2ClH.Ti/c1-10-4-2-5-11(8-10)12-6-3-7-13(14)9-12;;;/h2-9,14H,1H3;2*1H;. The van der Waals surface area contributed by atoms with Crippen LogP contribution in [0.4, 0.5) is 0 Å². The predicted molar refractivity (Wildman–Crippen MR) is 72.8 cm³/mol. The topological polar surface area (TPSA) is 20.2 Å². The fourth-order valence-electron chi connectivity index (χ4n) is 1.51. The summed E-state index contributed by atoms with van der Waals surface area (Å²) < 4.78 is 0. The molecular weight excluding hydrogens is 291 g/mol. The predicted octanol–water partition coefficient (Wildman–Crippen LogP) is 4.21. The van der Waals surface area contributed by atoms with E-state index in [1.54, 1.807) is 12.1 Å². The number of rotatable bonds is 1. The Kier molecular flexibility index (Phi) is 9.55. The quantitative estimate of drug-likeness (QED) is 0.783. The van der Waals surface area contributed by atoms with Gasteiger partial charge in [-0.1, -0.05) is 42.0 Å². The molecule has 1 nitrogen and oxygen atoms in total. The molecule has 4 heteroatoms. The smallest absolute Gasteiger partial charge is 0.116 e. The maximum absolute atomic E-state index is 9.34. The van der Waals surface area contributed by atoms with Crippen LogP contribution in [0.5, 0.6) is 5.75 Å². The van der Waals surface area contributed by atoms with Gasteiger partial charge in [-0.25, -0.2) is 0 Å². The monoisotopic (exact) mass is 304 g/mol. The van der Waals surface area contributed by atoms with E-state index in [2.05, 4.69) is 19.1 Å². The molecule has 0 spiro atoms. The van der Waals surface area contributed by atoms with Crippen molar-refractivity contribution in [3.8, 4) is 16.9 Å². The molecule has 17 heavy (non-hydrogen) atoms. The minimum atomic E-state index is 0. The van der Waals surface area contributed by atoms with Crippen LogP contribution in [0.3, 0.4) is 0 Å². The SMILES string of the molecule is Cc1cccc(-c2cccc(O)c2)c1.Cl.Cl.[Ti]. The number of halogens is 2. The van der Waals surface area contributed by atoms with Crippen LogP contribution >= 0.6 is 24.8 Å². The van der Waals surface area contributed by atoms with E-state index >= 15 is 0 Å². The molecular formula is C13H14Cl2OTi. The number of benzene rings is 2. The van der Waals surface area contributed by atoms with Crippen LogP contribution in [0.1, 0.15) is 5.56 Å². The zero-order valence-corrected chi connectivity index (χ0v) is 12.6. The first kappa shape index (κ1) is 18.9. The van der Waals surface area contributed by atoms with Crippen LogP contribution < -0.4 is 0 Å². The van der Waals surface area contributed by atoms with Gasteiger partial charge < -0.3 is 5.11 Å². The van der Waals surface area contributed by atoms with Gasteiger partial charge in [0.05, 0.1) is 0 Å². The molecule has 0 fully saturated rings. The van der Waals surface area contributed by atoms with Gasteiger partial charge >= 0.3 is 0 Å². The minimum absolute atomic E-state index is 0. The molecule has 0 radical (unpaired) electrons. The van der Waals surface area contributed by atoms with E-state index in [0.717, 1.165) is 11.1 Å². The van der Waals surface area contributed by atoms with E-state index in [9.17, 15) is 5.11 Å². The van der Waals surface area contributed by atoms with Crippen molar-refractivity contribution in [2.24, 2.45) is 0 Å². The minimum Gasteiger partial charge on any atom is -0.508 e. The Bertz CT molecular complexity index is 417. The summed E-state index contributed by atoms with van der Waals surface area (Å²) in [6, 6.07) is 15.5. The summed E-state index contributed by atoms with van der Waals surface area (Å²) in [5.74, 6) is 0.309. The molecule has 0 aliphatic carbocycles. The summed E-state index contributed by atoms with van der Waals surface area (Å²) >= 11 is 0. The molecule has 0 amide bonds. The summed E-state index contributed by atoms with van der Waals surface area (Å²) in [5.41, 5.74) is 3.42. The van der Waals surface area contributed by atoms with Crippen molar-refractivity contribution in [1.82, 2.24) is 0 Å². The third kappa shape index (κ3) is 5.14. The molecule has 0 saturated carbocycles. The molecule has 0 saturated heterocycles. The molecule has 0 heterocycles. The maximum Gasteiger partial charge on any atom is 0.116 e. The van der Waals surface area contributed by atoms with Gasteiger partial charge in [-0.15, -0.1) is 24.8 Å². The van der Waals surface area contributed by atoms with Gasteiger partial charge in [0.2, 0.25) is 0 Å². The maximum atomic E-state index is 9.34. The molecule has 2 aromatic carbocycles. The molecule has 90 valence electrons. The molecule has 0 aromatic heterocycles. The van der Waals surface area contributed by atoms with Crippen molar-refractivity contribution in [2.75, 3.05) is 0 Å². The number of aryl methyl sites for hydroxylation is 1. The molecule has 0 unspecified atom stereocenters. The zero-order chi connectivity index (χ0) is 9.97. The third-order valence-electron chi connectivity index (χ3n) is 2.20. The van der Waals surface area contributed by atoms with E-state index < -0.39 is 0 Å². The van der Waals surface area contributed by atoms with E-state index in [1.807, 2.05) is 24.3 Å². The first-order valence-corrected chi connectivity index (χ1v) is 4.62. The molecule has 0 aliphatic heterocycles. The Morgan fingerprint density at radius 1 is 0.824 bits per heavy atom. The Morgan fingerprint density at radius 2 is 1.35 bits per heavy atom. The fraction of sp³-hybridized carbons (Fsp3) is 0.0769. The average Bonchev–Trinajstić information content (AvgIpc) is 2.18. The van der Waals surface area contributed by atoms with Crippen LogP contribution in [0.15, 0.2) is 48.5 Å². The third-order valence-corrected chi connectivity index (χ3v) is 2.20. The normalized spacial score (nSPS) is 8.29. The Labute approximate surface area is 129 Å². The summed E-state index contributed by atoms with van der Waals surface area (Å²) in [4.78, 5) is 0. The molecule has 0 atom stereocenters. The van der Waals surface area contributed by atoms with Crippen molar-refractivity contribution in [1.29, 1.82) is 0 Å². The van der Waals surface area contributed by atoms with Gasteiger partial charge in [0.1, 0.15) is 5.75 Å². The molecule has 0 bridgehead atoms. The number of aromatic hydroxyl groups is 1. The van der Waals surface area contributed by atoms with Gasteiger partial charge in [-0.2, -0.15) is 0 Å². The average molecular weight is 305 g/mol. The van der Waals surface area contributed by atoms with Crippen molar-refractivity contribution < 1.29 is 26.8 Å². The van der Waals surface area contributed by atoms with Crippen molar-refractivity contribution in [3.63, 3.8) is 0 Å². The summed E-state index contributed by atoms with van der Waals surface area (Å²) in [6.45, 7) is 2.06. The van der Waals surface area contributed by atoms with Crippen molar-refractivity contribution in [2.45, 2.75) is 6.92 Å².